The number of likely N-dealkylation sites (N-methyl/N-ethyl adjacent to an activating group) is 1. The molecule has 5 rings (SSSR count). The molecule has 0 unspecified atom stereocenters. The molecule has 0 radical (unpaired) electrons. The molecule has 4 heterocycles. The number of aromatic amines is 1. The van der Waals surface area contributed by atoms with E-state index in [1.165, 1.54) is 0 Å². The molecule has 9 nitrogen and oxygen atoms in total. The summed E-state index contributed by atoms with van der Waals surface area (Å²) in [6.45, 7) is 5.97. The number of hydrogen-bond donors (Lipinski definition) is 2. The second kappa shape index (κ2) is 8.49. The Morgan fingerprint density at radius 2 is 2.09 bits per heavy atom. The number of fused-ring (bicyclic) bond motifs is 4. The van der Waals surface area contributed by atoms with Crippen LogP contribution in [0.4, 0.5) is 0 Å². The van der Waals surface area contributed by atoms with Gasteiger partial charge in [0.05, 0.1) is 47.5 Å². The van der Waals surface area contributed by atoms with Crippen molar-refractivity contribution >= 4 is 23.1 Å². The van der Waals surface area contributed by atoms with Gasteiger partial charge in [0, 0.05) is 31.1 Å². The average Bonchev–Trinajstić information content (AvgIpc) is 3.43. The number of ether oxygens (including phenoxy) is 1. The first-order chi connectivity index (χ1) is 15.9. The first-order valence-corrected chi connectivity index (χ1v) is 11.2. The van der Waals surface area contributed by atoms with Gasteiger partial charge in [0.1, 0.15) is 6.10 Å². The third-order valence-corrected chi connectivity index (χ3v) is 6.09. The lowest BCUT2D eigenvalue weighted by Crippen LogP contribution is -2.32. The second-order valence-corrected chi connectivity index (χ2v) is 8.71. The van der Waals surface area contributed by atoms with Gasteiger partial charge in [0.15, 0.2) is 0 Å². The summed E-state index contributed by atoms with van der Waals surface area (Å²) >= 11 is 0. The highest BCUT2D eigenvalue weighted by molar-refractivity contribution is 5.93. The standard InChI is InChI=1S/C24H29N7O2/c1-15-13-29(3)14-23-18(16(2)28-31(23)9-10-32)6-8-22-19-11-17(5-7-21(19)26-27-22)20-12-25-30(4)24(20)33-15/h5-8,11-12,15,32H,9-10,13-14H2,1-4H3,(H,26,27)/b8-6+/t15-/m0/s1. The van der Waals surface area contributed by atoms with E-state index in [2.05, 4.69) is 63.6 Å². The fraction of sp³-hybridized carbons (Fsp3) is 0.375. The highest BCUT2D eigenvalue weighted by Gasteiger charge is 2.20. The van der Waals surface area contributed by atoms with Crippen molar-refractivity contribution in [2.45, 2.75) is 33.0 Å². The molecular formula is C24H29N7O2. The lowest BCUT2D eigenvalue weighted by Gasteiger charge is -2.23. The zero-order valence-electron chi connectivity index (χ0n) is 19.4. The van der Waals surface area contributed by atoms with E-state index >= 15 is 0 Å². The van der Waals surface area contributed by atoms with Gasteiger partial charge in [0.25, 0.3) is 0 Å². The third-order valence-electron chi connectivity index (χ3n) is 6.09. The molecule has 0 saturated heterocycles. The summed E-state index contributed by atoms with van der Waals surface area (Å²) in [6, 6.07) is 6.19. The van der Waals surface area contributed by atoms with Gasteiger partial charge in [0.2, 0.25) is 5.88 Å². The minimum atomic E-state index is -0.0585. The van der Waals surface area contributed by atoms with Crippen LogP contribution in [-0.2, 0) is 20.1 Å². The lowest BCUT2D eigenvalue weighted by molar-refractivity contribution is 0.146. The number of rotatable bonds is 2. The number of hydrogen-bond acceptors (Lipinski definition) is 6. The van der Waals surface area contributed by atoms with Crippen LogP contribution in [-0.4, -0.2) is 66.1 Å². The number of aliphatic hydroxyl groups excluding tert-OH is 1. The molecule has 33 heavy (non-hydrogen) atoms. The van der Waals surface area contributed by atoms with E-state index < -0.39 is 0 Å². The summed E-state index contributed by atoms with van der Waals surface area (Å²) in [4.78, 5) is 2.22. The quantitative estimate of drug-likeness (QED) is 0.491. The zero-order valence-corrected chi connectivity index (χ0v) is 19.4. The lowest BCUT2D eigenvalue weighted by atomic mass is 10.0. The van der Waals surface area contributed by atoms with Crippen molar-refractivity contribution in [3.05, 3.63) is 47.0 Å². The number of nitrogens with one attached hydrogen (secondary N) is 1. The minimum absolute atomic E-state index is 0.0394. The van der Waals surface area contributed by atoms with Crippen LogP contribution < -0.4 is 4.74 Å². The molecule has 1 aliphatic rings. The minimum Gasteiger partial charge on any atom is -0.473 e. The normalized spacial score (nSPS) is 17.9. The van der Waals surface area contributed by atoms with E-state index in [4.69, 9.17) is 4.74 Å². The number of aromatic nitrogens is 6. The zero-order chi connectivity index (χ0) is 23.1. The fourth-order valence-corrected chi connectivity index (χ4v) is 4.55. The molecule has 0 fully saturated rings. The Kier molecular flexibility index (Phi) is 5.51. The van der Waals surface area contributed by atoms with Crippen molar-refractivity contribution in [2.75, 3.05) is 20.2 Å². The van der Waals surface area contributed by atoms with Crippen LogP contribution in [0.25, 0.3) is 34.2 Å². The molecule has 1 atom stereocenters. The third kappa shape index (κ3) is 3.94. The summed E-state index contributed by atoms with van der Waals surface area (Å²) in [6.07, 6.45) is 5.94. The first kappa shape index (κ1) is 21.4. The maximum absolute atomic E-state index is 9.56. The molecular weight excluding hydrogens is 418 g/mol. The molecule has 3 aromatic heterocycles. The van der Waals surface area contributed by atoms with Gasteiger partial charge in [-0.1, -0.05) is 6.07 Å². The van der Waals surface area contributed by atoms with E-state index in [1.807, 2.05) is 30.9 Å². The highest BCUT2D eigenvalue weighted by Crippen LogP contribution is 2.33. The van der Waals surface area contributed by atoms with Crippen molar-refractivity contribution in [3.63, 3.8) is 0 Å². The Hall–Kier alpha value is -3.43. The number of aryl methyl sites for hydroxylation is 2. The molecule has 2 bridgehead atoms. The molecule has 4 aromatic rings. The van der Waals surface area contributed by atoms with E-state index in [9.17, 15) is 5.11 Å². The van der Waals surface area contributed by atoms with Crippen molar-refractivity contribution < 1.29 is 9.84 Å². The van der Waals surface area contributed by atoms with Crippen LogP contribution in [0.15, 0.2) is 24.4 Å². The Balaban J connectivity index is 1.68. The average molecular weight is 448 g/mol. The fourth-order valence-electron chi connectivity index (χ4n) is 4.55. The van der Waals surface area contributed by atoms with Crippen LogP contribution in [0.1, 0.15) is 29.6 Å². The Morgan fingerprint density at radius 1 is 1.24 bits per heavy atom. The smallest absolute Gasteiger partial charge is 0.219 e. The van der Waals surface area contributed by atoms with Gasteiger partial charge in [-0.2, -0.15) is 15.3 Å². The molecule has 0 aliphatic carbocycles. The largest absolute Gasteiger partial charge is 0.473 e. The summed E-state index contributed by atoms with van der Waals surface area (Å²) in [5, 5.41) is 27.4. The molecule has 2 N–H and O–H groups in total. The van der Waals surface area contributed by atoms with Crippen LogP contribution in [0.2, 0.25) is 0 Å². The van der Waals surface area contributed by atoms with Crippen molar-refractivity contribution in [1.29, 1.82) is 0 Å². The Bertz CT molecular complexity index is 1330. The SMILES string of the molecule is Cc1nn(CCO)c2c1/C=C/c1[nH]nc3ccc(cc13)-c1cnn(C)c1O[C@@H](C)CN(C)C2. The van der Waals surface area contributed by atoms with E-state index in [0.717, 1.165) is 57.1 Å². The Labute approximate surface area is 192 Å². The van der Waals surface area contributed by atoms with Gasteiger partial charge < -0.3 is 9.84 Å². The van der Waals surface area contributed by atoms with Crippen LogP contribution in [0.3, 0.4) is 0 Å². The monoisotopic (exact) mass is 447 g/mol. The number of H-pyrrole nitrogens is 1. The van der Waals surface area contributed by atoms with E-state index in [-0.39, 0.29) is 12.7 Å². The summed E-state index contributed by atoms with van der Waals surface area (Å²) in [5.74, 6) is 0.743. The van der Waals surface area contributed by atoms with Gasteiger partial charge in [-0.3, -0.25) is 14.7 Å². The summed E-state index contributed by atoms with van der Waals surface area (Å²) < 4.78 is 10.1. The maximum atomic E-state index is 9.56. The van der Waals surface area contributed by atoms with Gasteiger partial charge in [-0.25, -0.2) is 4.68 Å². The van der Waals surface area contributed by atoms with Gasteiger partial charge >= 0.3 is 0 Å². The second-order valence-electron chi connectivity index (χ2n) is 8.71. The van der Waals surface area contributed by atoms with Crippen molar-refractivity contribution in [1.82, 2.24) is 34.7 Å². The first-order valence-electron chi connectivity index (χ1n) is 11.2. The molecule has 0 saturated carbocycles. The highest BCUT2D eigenvalue weighted by atomic mass is 16.5. The Morgan fingerprint density at radius 3 is 2.91 bits per heavy atom. The molecule has 1 aromatic carbocycles. The van der Waals surface area contributed by atoms with E-state index in [0.29, 0.717) is 13.1 Å². The van der Waals surface area contributed by atoms with Crippen LogP contribution in [0.5, 0.6) is 5.88 Å². The molecule has 1 aliphatic heterocycles. The maximum Gasteiger partial charge on any atom is 0.219 e. The number of nitrogens with zero attached hydrogens (tertiary/aromatic N) is 6. The van der Waals surface area contributed by atoms with Crippen molar-refractivity contribution in [3.8, 4) is 17.0 Å². The molecule has 0 amide bonds. The van der Waals surface area contributed by atoms with Crippen molar-refractivity contribution in [2.24, 2.45) is 7.05 Å². The topological polar surface area (TPSA) is 97.0 Å². The number of aliphatic hydroxyl groups is 1. The summed E-state index contributed by atoms with van der Waals surface area (Å²) in [7, 11) is 3.97. The predicted molar refractivity (Wildman–Crippen MR) is 128 cm³/mol. The van der Waals surface area contributed by atoms with E-state index in [1.54, 1.807) is 4.68 Å². The van der Waals surface area contributed by atoms with Gasteiger partial charge in [-0.15, -0.1) is 0 Å². The number of benzene rings is 1. The molecule has 172 valence electrons. The summed E-state index contributed by atoms with van der Waals surface area (Å²) in [5.41, 5.74) is 6.87. The predicted octanol–water partition coefficient (Wildman–Crippen LogP) is 2.84. The van der Waals surface area contributed by atoms with Crippen LogP contribution in [0, 0.1) is 6.92 Å². The van der Waals surface area contributed by atoms with Gasteiger partial charge in [-0.05, 0) is 50.7 Å². The molecule has 0 spiro atoms. The van der Waals surface area contributed by atoms with Crippen LogP contribution >= 0.6 is 0 Å². The molecule has 9 heteroatoms.